The number of nitrogens with zero attached hydrogens (tertiary/aromatic N) is 1. The molecule has 0 bridgehead atoms. The lowest BCUT2D eigenvalue weighted by atomic mass is 10.2. The highest BCUT2D eigenvalue weighted by Gasteiger charge is 2.15. The first-order valence-corrected chi connectivity index (χ1v) is 5.70. The molecule has 6 heteroatoms. The van der Waals surface area contributed by atoms with Crippen LogP contribution in [0.4, 0.5) is 10.1 Å². The summed E-state index contributed by atoms with van der Waals surface area (Å²) in [6.45, 7) is 0. The maximum absolute atomic E-state index is 13.6. The zero-order valence-electron chi connectivity index (χ0n) is 8.95. The number of nitrogens with one attached hydrogen (secondary N) is 1. The van der Waals surface area contributed by atoms with E-state index in [0.29, 0.717) is 10.7 Å². The Labute approximate surface area is 113 Å². The Kier molecular flexibility index (Phi) is 3.79. The van der Waals surface area contributed by atoms with E-state index in [0.717, 1.165) is 0 Å². The molecule has 0 atom stereocenters. The van der Waals surface area contributed by atoms with E-state index >= 15 is 0 Å². The van der Waals surface area contributed by atoms with Crippen LogP contribution in [0.15, 0.2) is 36.7 Å². The fraction of sp³-hybridized carbons (Fsp3) is 0. The highest BCUT2D eigenvalue weighted by atomic mass is 35.5. The van der Waals surface area contributed by atoms with Crippen LogP contribution in [0.3, 0.4) is 0 Å². The van der Waals surface area contributed by atoms with Crippen molar-refractivity contribution < 1.29 is 9.18 Å². The van der Waals surface area contributed by atoms with Gasteiger partial charge in [0, 0.05) is 6.20 Å². The molecule has 3 nitrogen and oxygen atoms in total. The molecule has 0 radical (unpaired) electrons. The Hall–Kier alpha value is -1.65. The molecular weight excluding hydrogens is 278 g/mol. The minimum absolute atomic E-state index is 0.111. The molecule has 92 valence electrons. The van der Waals surface area contributed by atoms with Crippen LogP contribution in [0.2, 0.25) is 10.0 Å². The lowest BCUT2D eigenvalue weighted by molar-refractivity contribution is 0.102. The number of hydrogen-bond donors (Lipinski definition) is 1. The molecule has 0 unspecified atom stereocenters. The highest BCUT2D eigenvalue weighted by molar-refractivity contribution is 6.34. The Morgan fingerprint density at radius 1 is 1.22 bits per heavy atom. The molecule has 1 heterocycles. The SMILES string of the molecule is O=C(Nc1cnccc1Cl)c1cccc(Cl)c1F. The third kappa shape index (κ3) is 2.60. The van der Waals surface area contributed by atoms with E-state index in [-0.39, 0.29) is 10.6 Å². The van der Waals surface area contributed by atoms with Crippen molar-refractivity contribution in [1.82, 2.24) is 4.98 Å². The van der Waals surface area contributed by atoms with Gasteiger partial charge in [-0.05, 0) is 18.2 Å². The van der Waals surface area contributed by atoms with Gasteiger partial charge in [-0.2, -0.15) is 0 Å². The van der Waals surface area contributed by atoms with Crippen LogP contribution in [-0.2, 0) is 0 Å². The molecule has 1 amide bonds. The Morgan fingerprint density at radius 3 is 2.72 bits per heavy atom. The lowest BCUT2D eigenvalue weighted by Crippen LogP contribution is -2.14. The largest absolute Gasteiger partial charge is 0.319 e. The van der Waals surface area contributed by atoms with E-state index in [2.05, 4.69) is 10.3 Å². The van der Waals surface area contributed by atoms with Crippen LogP contribution in [0.1, 0.15) is 10.4 Å². The summed E-state index contributed by atoms with van der Waals surface area (Å²) in [5.74, 6) is -1.40. The molecule has 1 aromatic heterocycles. The molecule has 0 fully saturated rings. The van der Waals surface area contributed by atoms with Crippen molar-refractivity contribution in [2.75, 3.05) is 5.32 Å². The van der Waals surface area contributed by atoms with E-state index in [9.17, 15) is 9.18 Å². The van der Waals surface area contributed by atoms with Gasteiger partial charge in [0.2, 0.25) is 0 Å². The number of anilines is 1. The van der Waals surface area contributed by atoms with Gasteiger partial charge in [0.1, 0.15) is 0 Å². The topological polar surface area (TPSA) is 42.0 Å². The molecule has 0 aliphatic rings. The van der Waals surface area contributed by atoms with Crippen molar-refractivity contribution in [3.05, 3.63) is 58.1 Å². The second kappa shape index (κ2) is 5.33. The summed E-state index contributed by atoms with van der Waals surface area (Å²) in [6, 6.07) is 5.71. The number of pyridine rings is 1. The molecule has 0 spiro atoms. The second-order valence-electron chi connectivity index (χ2n) is 3.41. The van der Waals surface area contributed by atoms with Gasteiger partial charge >= 0.3 is 0 Å². The van der Waals surface area contributed by atoms with Crippen molar-refractivity contribution in [2.45, 2.75) is 0 Å². The minimum Gasteiger partial charge on any atom is -0.319 e. The van der Waals surface area contributed by atoms with E-state index in [4.69, 9.17) is 23.2 Å². The summed E-state index contributed by atoms with van der Waals surface area (Å²) in [5.41, 5.74) is 0.158. The number of carbonyl (C=O) groups is 1. The predicted molar refractivity (Wildman–Crippen MR) is 68.6 cm³/mol. The van der Waals surface area contributed by atoms with Gasteiger partial charge in [-0.15, -0.1) is 0 Å². The molecule has 18 heavy (non-hydrogen) atoms. The minimum atomic E-state index is -0.767. The molecule has 1 N–H and O–H groups in total. The number of halogens is 3. The molecule has 0 aliphatic heterocycles. The fourth-order valence-corrected chi connectivity index (χ4v) is 1.67. The number of benzene rings is 1. The van der Waals surface area contributed by atoms with Crippen LogP contribution in [0, 0.1) is 5.82 Å². The maximum atomic E-state index is 13.6. The summed E-state index contributed by atoms with van der Waals surface area (Å²) < 4.78 is 13.6. The molecule has 2 aromatic rings. The van der Waals surface area contributed by atoms with Crippen LogP contribution in [0.5, 0.6) is 0 Å². The monoisotopic (exact) mass is 284 g/mol. The summed E-state index contributed by atoms with van der Waals surface area (Å²) >= 11 is 11.5. The van der Waals surface area contributed by atoms with E-state index in [1.165, 1.54) is 36.7 Å². The van der Waals surface area contributed by atoms with Crippen LogP contribution < -0.4 is 5.32 Å². The average molecular weight is 285 g/mol. The quantitative estimate of drug-likeness (QED) is 0.912. The zero-order valence-corrected chi connectivity index (χ0v) is 10.5. The van der Waals surface area contributed by atoms with Crippen molar-refractivity contribution in [3.63, 3.8) is 0 Å². The van der Waals surface area contributed by atoms with Crippen molar-refractivity contribution in [3.8, 4) is 0 Å². The van der Waals surface area contributed by atoms with E-state index in [1.807, 2.05) is 0 Å². The smallest absolute Gasteiger partial charge is 0.258 e. The molecule has 2 rings (SSSR count). The molecule has 0 saturated carbocycles. The van der Waals surface area contributed by atoms with Crippen molar-refractivity contribution >= 4 is 34.8 Å². The van der Waals surface area contributed by atoms with Crippen LogP contribution >= 0.6 is 23.2 Å². The Bertz CT molecular complexity index is 604. The van der Waals surface area contributed by atoms with Crippen LogP contribution in [0.25, 0.3) is 0 Å². The van der Waals surface area contributed by atoms with Gasteiger partial charge in [-0.25, -0.2) is 4.39 Å². The third-order valence-corrected chi connectivity index (χ3v) is 2.83. The van der Waals surface area contributed by atoms with E-state index in [1.54, 1.807) is 0 Å². The Balaban J connectivity index is 2.28. The average Bonchev–Trinajstić information content (AvgIpc) is 2.35. The maximum Gasteiger partial charge on any atom is 0.258 e. The number of aromatic nitrogens is 1. The molecule has 0 saturated heterocycles. The molecular formula is C12H7Cl2FN2O. The number of amides is 1. The fourth-order valence-electron chi connectivity index (χ4n) is 1.34. The summed E-state index contributed by atoms with van der Waals surface area (Å²) in [6.07, 6.45) is 2.86. The van der Waals surface area contributed by atoms with Crippen molar-refractivity contribution in [2.24, 2.45) is 0 Å². The summed E-state index contributed by atoms with van der Waals surface area (Å²) in [4.78, 5) is 15.7. The number of carbonyl (C=O) groups excluding carboxylic acids is 1. The van der Waals surface area contributed by atoms with Gasteiger partial charge < -0.3 is 5.32 Å². The van der Waals surface area contributed by atoms with Gasteiger partial charge in [0.05, 0.1) is 27.5 Å². The first-order valence-electron chi connectivity index (χ1n) is 4.94. The first kappa shape index (κ1) is 12.8. The van der Waals surface area contributed by atoms with Gasteiger partial charge in [0.25, 0.3) is 5.91 Å². The summed E-state index contributed by atoms with van der Waals surface area (Å²) in [5, 5.41) is 2.67. The second-order valence-corrected chi connectivity index (χ2v) is 4.23. The zero-order chi connectivity index (χ0) is 13.1. The lowest BCUT2D eigenvalue weighted by Gasteiger charge is -2.07. The predicted octanol–water partition coefficient (Wildman–Crippen LogP) is 3.78. The Morgan fingerprint density at radius 2 is 2.00 bits per heavy atom. The third-order valence-electron chi connectivity index (χ3n) is 2.21. The van der Waals surface area contributed by atoms with Gasteiger partial charge in [-0.1, -0.05) is 29.3 Å². The van der Waals surface area contributed by atoms with Gasteiger partial charge in [0.15, 0.2) is 5.82 Å². The first-order chi connectivity index (χ1) is 8.59. The number of rotatable bonds is 2. The normalized spacial score (nSPS) is 10.2. The number of hydrogen-bond acceptors (Lipinski definition) is 2. The highest BCUT2D eigenvalue weighted by Crippen LogP contribution is 2.22. The molecule has 0 aliphatic carbocycles. The summed E-state index contributed by atoms with van der Waals surface area (Å²) in [7, 11) is 0. The van der Waals surface area contributed by atoms with E-state index < -0.39 is 11.7 Å². The standard InChI is InChI=1S/C12H7Cl2FN2O/c13-8-4-5-16-6-10(8)17-12(18)7-2-1-3-9(14)11(7)15/h1-6H,(H,17,18). The van der Waals surface area contributed by atoms with Crippen molar-refractivity contribution in [1.29, 1.82) is 0 Å². The van der Waals surface area contributed by atoms with Crippen LogP contribution in [-0.4, -0.2) is 10.9 Å². The molecule has 1 aromatic carbocycles. The van der Waals surface area contributed by atoms with Gasteiger partial charge in [-0.3, -0.25) is 9.78 Å².